The zero-order valence-electron chi connectivity index (χ0n) is 10.1. The SMILES string of the molecule is O=C(NCC1CCNC1)c1ccc2nc[nH]c2c1. The smallest absolute Gasteiger partial charge is 0.251 e. The molecule has 3 rings (SSSR count). The Kier molecular flexibility index (Phi) is 2.98. The Labute approximate surface area is 105 Å². The molecular formula is C13H16N4O. The van der Waals surface area contributed by atoms with Gasteiger partial charge >= 0.3 is 0 Å². The molecule has 18 heavy (non-hydrogen) atoms. The van der Waals surface area contributed by atoms with Gasteiger partial charge in [0, 0.05) is 12.1 Å². The molecule has 1 fully saturated rings. The molecule has 1 aromatic heterocycles. The highest BCUT2D eigenvalue weighted by Gasteiger charge is 2.15. The monoisotopic (exact) mass is 244 g/mol. The van der Waals surface area contributed by atoms with Gasteiger partial charge in [0.25, 0.3) is 5.91 Å². The quantitative estimate of drug-likeness (QED) is 0.751. The van der Waals surface area contributed by atoms with E-state index in [-0.39, 0.29) is 5.91 Å². The highest BCUT2D eigenvalue weighted by molar-refractivity contribution is 5.97. The number of hydrogen-bond donors (Lipinski definition) is 3. The average molecular weight is 244 g/mol. The molecule has 0 spiro atoms. The molecular weight excluding hydrogens is 228 g/mol. The normalized spacial score (nSPS) is 19.2. The molecule has 1 aliphatic rings. The Balaban J connectivity index is 1.67. The minimum absolute atomic E-state index is 0.0154. The molecule has 94 valence electrons. The van der Waals surface area contributed by atoms with Crippen LogP contribution in [0.25, 0.3) is 11.0 Å². The minimum atomic E-state index is -0.0154. The van der Waals surface area contributed by atoms with Crippen LogP contribution in [-0.4, -0.2) is 35.5 Å². The maximum Gasteiger partial charge on any atom is 0.251 e. The topological polar surface area (TPSA) is 69.8 Å². The summed E-state index contributed by atoms with van der Waals surface area (Å²) in [4.78, 5) is 19.1. The van der Waals surface area contributed by atoms with E-state index in [2.05, 4.69) is 20.6 Å². The molecule has 1 unspecified atom stereocenters. The predicted molar refractivity (Wildman–Crippen MR) is 69.4 cm³/mol. The van der Waals surface area contributed by atoms with Crippen LogP contribution >= 0.6 is 0 Å². The van der Waals surface area contributed by atoms with E-state index in [4.69, 9.17) is 0 Å². The Hall–Kier alpha value is -1.88. The third-order valence-corrected chi connectivity index (χ3v) is 3.40. The fourth-order valence-electron chi connectivity index (χ4n) is 2.30. The first-order chi connectivity index (χ1) is 8.83. The van der Waals surface area contributed by atoms with Gasteiger partial charge in [0.1, 0.15) is 0 Å². The Bertz CT molecular complexity index is 557. The number of aromatic amines is 1. The van der Waals surface area contributed by atoms with Crippen molar-refractivity contribution in [3.8, 4) is 0 Å². The standard InChI is InChI=1S/C13H16N4O/c18-13(15-7-9-3-4-14-6-9)10-1-2-11-12(5-10)17-8-16-11/h1-2,5,8-9,14H,3-4,6-7H2,(H,15,18)(H,16,17). The summed E-state index contributed by atoms with van der Waals surface area (Å²) in [5.41, 5.74) is 2.45. The van der Waals surface area contributed by atoms with Crippen molar-refractivity contribution in [3.05, 3.63) is 30.1 Å². The van der Waals surface area contributed by atoms with E-state index in [1.165, 1.54) is 0 Å². The molecule has 2 aromatic rings. The van der Waals surface area contributed by atoms with Crippen LogP contribution < -0.4 is 10.6 Å². The van der Waals surface area contributed by atoms with Crippen LogP contribution in [0.2, 0.25) is 0 Å². The second kappa shape index (κ2) is 4.78. The lowest BCUT2D eigenvalue weighted by Gasteiger charge is -2.09. The van der Waals surface area contributed by atoms with Gasteiger partial charge in [0.15, 0.2) is 0 Å². The van der Waals surface area contributed by atoms with Gasteiger partial charge in [-0.05, 0) is 43.6 Å². The van der Waals surface area contributed by atoms with Gasteiger partial charge in [-0.3, -0.25) is 4.79 Å². The number of H-pyrrole nitrogens is 1. The molecule has 5 nitrogen and oxygen atoms in total. The molecule has 0 radical (unpaired) electrons. The summed E-state index contributed by atoms with van der Waals surface area (Å²) in [5, 5.41) is 6.28. The maximum absolute atomic E-state index is 12.0. The van der Waals surface area contributed by atoms with Crippen molar-refractivity contribution in [1.29, 1.82) is 0 Å². The Morgan fingerprint density at radius 2 is 2.44 bits per heavy atom. The number of imidazole rings is 1. The summed E-state index contributed by atoms with van der Waals surface area (Å²) in [6.45, 7) is 2.80. The van der Waals surface area contributed by atoms with Gasteiger partial charge in [0.05, 0.1) is 17.4 Å². The third kappa shape index (κ3) is 2.22. The van der Waals surface area contributed by atoms with Crippen LogP contribution in [0.3, 0.4) is 0 Å². The lowest BCUT2D eigenvalue weighted by atomic mass is 10.1. The number of carbonyl (C=O) groups excluding carboxylic acids is 1. The molecule has 0 bridgehead atoms. The first kappa shape index (κ1) is 11.2. The largest absolute Gasteiger partial charge is 0.352 e. The number of aromatic nitrogens is 2. The van der Waals surface area contributed by atoms with Gasteiger partial charge in [-0.25, -0.2) is 4.98 Å². The van der Waals surface area contributed by atoms with E-state index < -0.39 is 0 Å². The van der Waals surface area contributed by atoms with Crippen LogP contribution in [0.1, 0.15) is 16.8 Å². The summed E-state index contributed by atoms with van der Waals surface area (Å²) >= 11 is 0. The predicted octanol–water partition coefficient (Wildman–Crippen LogP) is 0.902. The van der Waals surface area contributed by atoms with E-state index in [0.29, 0.717) is 11.5 Å². The van der Waals surface area contributed by atoms with Crippen molar-refractivity contribution in [2.45, 2.75) is 6.42 Å². The van der Waals surface area contributed by atoms with Crippen LogP contribution in [0.15, 0.2) is 24.5 Å². The van der Waals surface area contributed by atoms with E-state index in [0.717, 1.165) is 37.1 Å². The second-order valence-corrected chi connectivity index (χ2v) is 4.70. The number of nitrogens with zero attached hydrogens (tertiary/aromatic N) is 1. The zero-order valence-corrected chi connectivity index (χ0v) is 10.1. The highest BCUT2D eigenvalue weighted by Crippen LogP contribution is 2.12. The van der Waals surface area contributed by atoms with Crippen molar-refractivity contribution in [3.63, 3.8) is 0 Å². The van der Waals surface area contributed by atoms with Crippen LogP contribution in [0.5, 0.6) is 0 Å². The zero-order chi connectivity index (χ0) is 12.4. The number of amides is 1. The first-order valence-corrected chi connectivity index (χ1v) is 6.25. The van der Waals surface area contributed by atoms with Gasteiger partial charge in [0.2, 0.25) is 0 Å². The molecule has 1 atom stereocenters. The van der Waals surface area contributed by atoms with E-state index in [1.807, 2.05) is 18.2 Å². The van der Waals surface area contributed by atoms with Crippen molar-refractivity contribution in [1.82, 2.24) is 20.6 Å². The van der Waals surface area contributed by atoms with Crippen LogP contribution in [0.4, 0.5) is 0 Å². The Morgan fingerprint density at radius 3 is 3.28 bits per heavy atom. The molecule has 1 saturated heterocycles. The van der Waals surface area contributed by atoms with Crippen LogP contribution in [-0.2, 0) is 0 Å². The van der Waals surface area contributed by atoms with Gasteiger partial charge in [-0.1, -0.05) is 0 Å². The summed E-state index contributed by atoms with van der Waals surface area (Å²) < 4.78 is 0. The third-order valence-electron chi connectivity index (χ3n) is 3.40. The number of benzene rings is 1. The van der Waals surface area contributed by atoms with Gasteiger partial charge < -0.3 is 15.6 Å². The first-order valence-electron chi connectivity index (χ1n) is 6.25. The fourth-order valence-corrected chi connectivity index (χ4v) is 2.30. The summed E-state index contributed by atoms with van der Waals surface area (Å²) in [6, 6.07) is 5.51. The van der Waals surface area contributed by atoms with E-state index in [1.54, 1.807) is 6.33 Å². The lowest BCUT2D eigenvalue weighted by molar-refractivity contribution is 0.0948. The lowest BCUT2D eigenvalue weighted by Crippen LogP contribution is -2.30. The fraction of sp³-hybridized carbons (Fsp3) is 0.385. The van der Waals surface area contributed by atoms with Gasteiger partial charge in [-0.2, -0.15) is 0 Å². The minimum Gasteiger partial charge on any atom is -0.352 e. The number of carbonyl (C=O) groups is 1. The number of nitrogens with one attached hydrogen (secondary N) is 3. The van der Waals surface area contributed by atoms with Crippen LogP contribution in [0, 0.1) is 5.92 Å². The molecule has 1 aliphatic heterocycles. The number of rotatable bonds is 3. The number of fused-ring (bicyclic) bond motifs is 1. The highest BCUT2D eigenvalue weighted by atomic mass is 16.1. The summed E-state index contributed by atoms with van der Waals surface area (Å²) in [7, 11) is 0. The van der Waals surface area contributed by atoms with Crippen molar-refractivity contribution in [2.24, 2.45) is 5.92 Å². The molecule has 5 heteroatoms. The molecule has 3 N–H and O–H groups in total. The maximum atomic E-state index is 12.0. The van der Waals surface area contributed by atoms with Crippen molar-refractivity contribution in [2.75, 3.05) is 19.6 Å². The number of hydrogen-bond acceptors (Lipinski definition) is 3. The molecule has 0 aliphatic carbocycles. The molecule has 1 aromatic carbocycles. The van der Waals surface area contributed by atoms with E-state index >= 15 is 0 Å². The molecule has 0 saturated carbocycles. The van der Waals surface area contributed by atoms with Crippen molar-refractivity contribution >= 4 is 16.9 Å². The Morgan fingerprint density at radius 1 is 1.50 bits per heavy atom. The van der Waals surface area contributed by atoms with E-state index in [9.17, 15) is 4.79 Å². The average Bonchev–Trinajstić information content (AvgIpc) is 3.05. The second-order valence-electron chi connectivity index (χ2n) is 4.70. The van der Waals surface area contributed by atoms with Crippen molar-refractivity contribution < 1.29 is 4.79 Å². The molecule has 2 heterocycles. The molecule has 1 amide bonds. The summed E-state index contributed by atoms with van der Waals surface area (Å²) in [5.74, 6) is 0.545. The summed E-state index contributed by atoms with van der Waals surface area (Å²) in [6.07, 6.45) is 2.77. The van der Waals surface area contributed by atoms with Gasteiger partial charge in [-0.15, -0.1) is 0 Å².